The molecule has 1 aliphatic heterocycles. The summed E-state index contributed by atoms with van der Waals surface area (Å²) in [5, 5.41) is 13.0. The van der Waals surface area contributed by atoms with Crippen LogP contribution < -0.4 is 5.73 Å². The van der Waals surface area contributed by atoms with Gasteiger partial charge in [-0.3, -0.25) is 9.69 Å². The third kappa shape index (κ3) is 2.79. The zero-order valence-corrected chi connectivity index (χ0v) is 11.4. The topological polar surface area (TPSA) is 105 Å². The molecule has 2 heterocycles. The highest BCUT2D eigenvalue weighted by atomic mass is 16.5. The second-order valence-corrected chi connectivity index (χ2v) is 5.30. The van der Waals surface area contributed by atoms with E-state index in [9.17, 15) is 4.79 Å². The summed E-state index contributed by atoms with van der Waals surface area (Å²) in [6, 6.07) is 9.53. The van der Waals surface area contributed by atoms with Crippen LogP contribution in [0.3, 0.4) is 0 Å². The Labute approximate surface area is 121 Å². The van der Waals surface area contributed by atoms with Gasteiger partial charge in [0.1, 0.15) is 5.54 Å². The summed E-state index contributed by atoms with van der Waals surface area (Å²) in [5.41, 5.74) is 5.54. The van der Waals surface area contributed by atoms with Crippen LogP contribution in [0.2, 0.25) is 0 Å². The van der Waals surface area contributed by atoms with Crippen LogP contribution in [0.25, 0.3) is 11.4 Å². The van der Waals surface area contributed by atoms with Gasteiger partial charge in [0.15, 0.2) is 0 Å². The minimum absolute atomic E-state index is 0.283. The number of aromatic nitrogens is 2. The van der Waals surface area contributed by atoms with Crippen molar-refractivity contribution in [3.8, 4) is 11.4 Å². The van der Waals surface area contributed by atoms with Crippen molar-refractivity contribution in [2.24, 2.45) is 5.73 Å². The second kappa shape index (κ2) is 5.27. The van der Waals surface area contributed by atoms with Crippen molar-refractivity contribution < 1.29 is 14.4 Å². The van der Waals surface area contributed by atoms with Crippen LogP contribution in [-0.4, -0.2) is 44.7 Å². The number of carboxylic acid groups (broad SMARTS) is 1. The molecule has 1 fully saturated rings. The standard InChI is InChI=1S/C14H16N4O3/c15-14(13(19)20)6-7-18(9-14)8-11-16-12(17-21-11)10-4-2-1-3-5-10/h1-5H,6-9,15H2,(H,19,20). The number of hydrogen-bond donors (Lipinski definition) is 2. The zero-order chi connectivity index (χ0) is 14.9. The van der Waals surface area contributed by atoms with Crippen LogP contribution in [0.4, 0.5) is 0 Å². The van der Waals surface area contributed by atoms with Gasteiger partial charge in [-0.2, -0.15) is 4.98 Å². The van der Waals surface area contributed by atoms with E-state index < -0.39 is 11.5 Å². The first-order valence-corrected chi connectivity index (χ1v) is 6.69. The highest BCUT2D eigenvalue weighted by molar-refractivity contribution is 5.79. The maximum absolute atomic E-state index is 11.1. The molecule has 2 aromatic rings. The van der Waals surface area contributed by atoms with Crippen LogP contribution in [0, 0.1) is 0 Å². The lowest BCUT2D eigenvalue weighted by Gasteiger charge is -2.18. The molecule has 1 atom stereocenters. The molecule has 7 nitrogen and oxygen atoms in total. The molecule has 1 unspecified atom stereocenters. The number of carbonyl (C=O) groups is 1. The van der Waals surface area contributed by atoms with Gasteiger partial charge >= 0.3 is 5.97 Å². The molecule has 7 heteroatoms. The minimum atomic E-state index is -1.18. The summed E-state index contributed by atoms with van der Waals surface area (Å²) in [5.74, 6) is 0.0195. The Morgan fingerprint density at radius 3 is 2.86 bits per heavy atom. The highest BCUT2D eigenvalue weighted by Gasteiger charge is 2.41. The van der Waals surface area contributed by atoms with Crippen molar-refractivity contribution in [2.45, 2.75) is 18.5 Å². The lowest BCUT2D eigenvalue weighted by Crippen LogP contribution is -2.50. The van der Waals surface area contributed by atoms with Crippen molar-refractivity contribution in [1.29, 1.82) is 0 Å². The van der Waals surface area contributed by atoms with Gasteiger partial charge in [-0.15, -0.1) is 0 Å². The van der Waals surface area contributed by atoms with Gasteiger partial charge in [-0.05, 0) is 6.42 Å². The molecule has 3 rings (SSSR count). The third-order valence-corrected chi connectivity index (χ3v) is 3.66. The van der Waals surface area contributed by atoms with E-state index in [1.165, 1.54) is 0 Å². The molecule has 3 N–H and O–H groups in total. The number of benzene rings is 1. The van der Waals surface area contributed by atoms with Crippen LogP contribution in [0.15, 0.2) is 34.9 Å². The molecular formula is C14H16N4O3. The van der Waals surface area contributed by atoms with Crippen molar-refractivity contribution in [3.63, 3.8) is 0 Å². The van der Waals surface area contributed by atoms with Gasteiger partial charge in [0.2, 0.25) is 11.7 Å². The molecule has 1 saturated heterocycles. The van der Waals surface area contributed by atoms with E-state index in [0.29, 0.717) is 31.2 Å². The lowest BCUT2D eigenvalue weighted by molar-refractivity contribution is -0.142. The Bertz CT molecular complexity index is 643. The molecule has 110 valence electrons. The molecule has 21 heavy (non-hydrogen) atoms. The van der Waals surface area contributed by atoms with Gasteiger partial charge in [-0.1, -0.05) is 35.5 Å². The van der Waals surface area contributed by atoms with E-state index in [-0.39, 0.29) is 6.54 Å². The number of nitrogens with zero attached hydrogens (tertiary/aromatic N) is 3. The van der Waals surface area contributed by atoms with Crippen LogP contribution in [0.5, 0.6) is 0 Å². The molecule has 0 radical (unpaired) electrons. The maximum atomic E-state index is 11.1. The van der Waals surface area contributed by atoms with Crippen molar-refractivity contribution >= 4 is 5.97 Å². The first-order chi connectivity index (χ1) is 10.1. The SMILES string of the molecule is NC1(C(=O)O)CCN(Cc2nc(-c3ccccc3)no2)C1. The van der Waals surface area contributed by atoms with Gasteiger partial charge in [0, 0.05) is 18.7 Å². The number of likely N-dealkylation sites (tertiary alicyclic amines) is 1. The van der Waals surface area contributed by atoms with Crippen molar-refractivity contribution in [1.82, 2.24) is 15.0 Å². The number of aliphatic carboxylic acids is 1. The zero-order valence-electron chi connectivity index (χ0n) is 11.4. The lowest BCUT2D eigenvalue weighted by atomic mass is 10.0. The fraction of sp³-hybridized carbons (Fsp3) is 0.357. The average molecular weight is 288 g/mol. The first kappa shape index (κ1) is 13.7. The van der Waals surface area contributed by atoms with E-state index in [0.717, 1.165) is 5.56 Å². The van der Waals surface area contributed by atoms with Gasteiger partial charge in [0.25, 0.3) is 0 Å². The fourth-order valence-electron chi connectivity index (χ4n) is 2.44. The number of carboxylic acids is 1. The van der Waals surface area contributed by atoms with E-state index in [1.807, 2.05) is 35.2 Å². The Kier molecular flexibility index (Phi) is 3.44. The largest absolute Gasteiger partial charge is 0.480 e. The summed E-state index contributed by atoms with van der Waals surface area (Å²) in [7, 11) is 0. The van der Waals surface area contributed by atoms with Gasteiger partial charge < -0.3 is 15.4 Å². The monoisotopic (exact) mass is 288 g/mol. The number of nitrogens with two attached hydrogens (primary N) is 1. The molecule has 0 bridgehead atoms. The predicted octanol–water partition coefficient (Wildman–Crippen LogP) is 0.724. The van der Waals surface area contributed by atoms with Gasteiger partial charge in [-0.25, -0.2) is 0 Å². The Morgan fingerprint density at radius 1 is 1.43 bits per heavy atom. The molecule has 0 aliphatic carbocycles. The smallest absolute Gasteiger partial charge is 0.325 e. The fourth-order valence-corrected chi connectivity index (χ4v) is 2.44. The van der Waals surface area contributed by atoms with Gasteiger partial charge in [0.05, 0.1) is 6.54 Å². The van der Waals surface area contributed by atoms with Crippen LogP contribution in [-0.2, 0) is 11.3 Å². The summed E-state index contributed by atoms with van der Waals surface area (Å²) in [6.07, 6.45) is 0.419. The summed E-state index contributed by atoms with van der Waals surface area (Å²) in [4.78, 5) is 17.3. The number of rotatable bonds is 4. The third-order valence-electron chi connectivity index (χ3n) is 3.66. The highest BCUT2D eigenvalue weighted by Crippen LogP contribution is 2.21. The van der Waals surface area contributed by atoms with E-state index in [2.05, 4.69) is 10.1 Å². The Hall–Kier alpha value is -2.25. The van der Waals surface area contributed by atoms with Crippen LogP contribution >= 0.6 is 0 Å². The Morgan fingerprint density at radius 2 is 2.19 bits per heavy atom. The molecule has 0 amide bonds. The Balaban J connectivity index is 1.68. The normalized spacial score (nSPS) is 22.5. The summed E-state index contributed by atoms with van der Waals surface area (Å²) >= 11 is 0. The van der Waals surface area contributed by atoms with Crippen LogP contribution in [0.1, 0.15) is 12.3 Å². The van der Waals surface area contributed by atoms with E-state index in [1.54, 1.807) is 0 Å². The summed E-state index contributed by atoms with van der Waals surface area (Å²) < 4.78 is 5.22. The van der Waals surface area contributed by atoms with Crippen molar-refractivity contribution in [2.75, 3.05) is 13.1 Å². The maximum Gasteiger partial charge on any atom is 0.325 e. The van der Waals surface area contributed by atoms with E-state index in [4.69, 9.17) is 15.4 Å². The summed E-state index contributed by atoms with van der Waals surface area (Å²) in [6.45, 7) is 1.29. The molecule has 1 aliphatic rings. The molecule has 1 aromatic heterocycles. The first-order valence-electron chi connectivity index (χ1n) is 6.69. The predicted molar refractivity (Wildman–Crippen MR) is 74.2 cm³/mol. The number of hydrogen-bond acceptors (Lipinski definition) is 6. The molecule has 1 aromatic carbocycles. The minimum Gasteiger partial charge on any atom is -0.480 e. The van der Waals surface area contributed by atoms with Crippen molar-refractivity contribution in [3.05, 3.63) is 36.2 Å². The molecule has 0 saturated carbocycles. The second-order valence-electron chi connectivity index (χ2n) is 5.30. The van der Waals surface area contributed by atoms with E-state index >= 15 is 0 Å². The quantitative estimate of drug-likeness (QED) is 0.854. The molecule has 0 spiro atoms. The molecular weight excluding hydrogens is 272 g/mol. The average Bonchev–Trinajstić information content (AvgIpc) is 3.08.